The van der Waals surface area contributed by atoms with Crippen LogP contribution in [0, 0.1) is 11.8 Å². The molecule has 0 aromatic rings. The number of likely N-dealkylation sites (N-methyl/N-ethyl adjacent to an activating group) is 1. The van der Waals surface area contributed by atoms with E-state index in [4.69, 9.17) is 5.11 Å². The summed E-state index contributed by atoms with van der Waals surface area (Å²) in [5.41, 5.74) is 0. The number of rotatable bonds is 2. The van der Waals surface area contributed by atoms with Crippen LogP contribution in [0.1, 0.15) is 25.7 Å². The summed E-state index contributed by atoms with van der Waals surface area (Å²) in [5, 5.41) is 8.96. The summed E-state index contributed by atoms with van der Waals surface area (Å²) in [4.78, 5) is 38.2. The fourth-order valence-corrected chi connectivity index (χ4v) is 2.86. The average Bonchev–Trinajstić information content (AvgIpc) is 2.79. The molecule has 1 saturated carbocycles. The molecule has 1 saturated heterocycles. The summed E-state index contributed by atoms with van der Waals surface area (Å²) in [6.45, 7) is 1.39. The van der Waals surface area contributed by atoms with E-state index >= 15 is 0 Å². The summed E-state index contributed by atoms with van der Waals surface area (Å²) in [7, 11) is 1.74. The maximum absolute atomic E-state index is 12.3. The normalized spacial score (nSPS) is 28.4. The number of hydrogen-bond donors (Lipinski definition) is 1. The SMILES string of the molecule is CN1CCCN(C(=O)[C@@H]2CC[C@H](C(=O)O)C2)CC1=O. The van der Waals surface area contributed by atoms with Crippen LogP contribution in [-0.4, -0.2) is 59.4 Å². The monoisotopic (exact) mass is 268 g/mol. The first-order valence-corrected chi connectivity index (χ1v) is 6.74. The largest absolute Gasteiger partial charge is 0.481 e. The minimum atomic E-state index is -0.818. The van der Waals surface area contributed by atoms with Gasteiger partial charge in [-0.1, -0.05) is 0 Å². The highest BCUT2D eigenvalue weighted by molar-refractivity contribution is 5.87. The lowest BCUT2D eigenvalue weighted by Gasteiger charge is -2.23. The maximum Gasteiger partial charge on any atom is 0.306 e. The van der Waals surface area contributed by atoms with Crippen molar-refractivity contribution < 1.29 is 19.5 Å². The second-order valence-corrected chi connectivity index (χ2v) is 5.47. The molecule has 1 N–H and O–H groups in total. The second-order valence-electron chi connectivity index (χ2n) is 5.47. The van der Waals surface area contributed by atoms with Crippen LogP contribution in [0.2, 0.25) is 0 Å². The minimum Gasteiger partial charge on any atom is -0.481 e. The highest BCUT2D eigenvalue weighted by Gasteiger charge is 2.36. The van der Waals surface area contributed by atoms with Crippen molar-refractivity contribution in [3.8, 4) is 0 Å². The lowest BCUT2D eigenvalue weighted by molar-refractivity contribution is -0.142. The van der Waals surface area contributed by atoms with E-state index in [0.29, 0.717) is 32.4 Å². The van der Waals surface area contributed by atoms with Crippen LogP contribution in [0.15, 0.2) is 0 Å². The van der Waals surface area contributed by atoms with Gasteiger partial charge < -0.3 is 14.9 Å². The molecule has 1 aliphatic heterocycles. The quantitative estimate of drug-likeness (QED) is 0.775. The highest BCUT2D eigenvalue weighted by atomic mass is 16.4. The Morgan fingerprint density at radius 2 is 1.89 bits per heavy atom. The molecule has 2 rings (SSSR count). The van der Waals surface area contributed by atoms with Crippen molar-refractivity contribution in [1.29, 1.82) is 0 Å². The van der Waals surface area contributed by atoms with Crippen molar-refractivity contribution in [2.45, 2.75) is 25.7 Å². The molecule has 19 heavy (non-hydrogen) atoms. The van der Waals surface area contributed by atoms with Gasteiger partial charge in [0.25, 0.3) is 0 Å². The Morgan fingerprint density at radius 1 is 1.21 bits per heavy atom. The summed E-state index contributed by atoms with van der Waals surface area (Å²) < 4.78 is 0. The third kappa shape index (κ3) is 3.05. The molecule has 0 aromatic heterocycles. The van der Waals surface area contributed by atoms with Crippen LogP contribution in [0.3, 0.4) is 0 Å². The summed E-state index contributed by atoms with van der Waals surface area (Å²) in [5.74, 6) is -1.54. The minimum absolute atomic E-state index is 0.0429. The van der Waals surface area contributed by atoms with E-state index in [1.165, 1.54) is 0 Å². The number of nitrogens with zero attached hydrogens (tertiary/aromatic N) is 2. The van der Waals surface area contributed by atoms with Gasteiger partial charge in [-0.3, -0.25) is 14.4 Å². The smallest absolute Gasteiger partial charge is 0.306 e. The Balaban J connectivity index is 1.96. The van der Waals surface area contributed by atoms with E-state index in [9.17, 15) is 14.4 Å². The van der Waals surface area contributed by atoms with Gasteiger partial charge in [0.15, 0.2) is 0 Å². The third-order valence-corrected chi connectivity index (χ3v) is 4.12. The molecule has 106 valence electrons. The predicted octanol–water partition coefficient (Wildman–Crippen LogP) is 0.178. The number of hydrogen-bond acceptors (Lipinski definition) is 3. The van der Waals surface area contributed by atoms with Gasteiger partial charge in [-0.15, -0.1) is 0 Å². The van der Waals surface area contributed by atoms with E-state index in [1.54, 1.807) is 16.8 Å². The first-order chi connectivity index (χ1) is 8.99. The van der Waals surface area contributed by atoms with Gasteiger partial charge in [-0.2, -0.15) is 0 Å². The molecule has 2 atom stereocenters. The van der Waals surface area contributed by atoms with Crippen molar-refractivity contribution >= 4 is 17.8 Å². The summed E-state index contributed by atoms with van der Waals surface area (Å²) >= 11 is 0. The zero-order chi connectivity index (χ0) is 14.0. The fourth-order valence-electron chi connectivity index (χ4n) is 2.86. The Bertz CT molecular complexity index is 396. The summed E-state index contributed by atoms with van der Waals surface area (Å²) in [6.07, 6.45) is 2.38. The van der Waals surface area contributed by atoms with E-state index in [1.807, 2.05) is 0 Å². The van der Waals surface area contributed by atoms with E-state index in [2.05, 4.69) is 0 Å². The molecule has 2 fully saturated rings. The van der Waals surface area contributed by atoms with E-state index in [-0.39, 0.29) is 24.3 Å². The van der Waals surface area contributed by atoms with E-state index < -0.39 is 11.9 Å². The molecular weight excluding hydrogens is 248 g/mol. The van der Waals surface area contributed by atoms with Crippen LogP contribution < -0.4 is 0 Å². The Morgan fingerprint density at radius 3 is 2.53 bits per heavy atom. The average molecular weight is 268 g/mol. The number of aliphatic carboxylic acids is 1. The zero-order valence-corrected chi connectivity index (χ0v) is 11.2. The Kier molecular flexibility index (Phi) is 4.07. The molecule has 6 nitrogen and oxygen atoms in total. The Hall–Kier alpha value is -1.59. The molecule has 2 aliphatic rings. The predicted molar refractivity (Wildman–Crippen MR) is 67.3 cm³/mol. The van der Waals surface area contributed by atoms with Gasteiger partial charge in [0.05, 0.1) is 12.5 Å². The van der Waals surface area contributed by atoms with Crippen molar-refractivity contribution in [2.24, 2.45) is 11.8 Å². The summed E-state index contributed by atoms with van der Waals surface area (Å²) in [6, 6.07) is 0. The first kappa shape index (κ1) is 13.8. The molecule has 2 amide bonds. The molecule has 1 aliphatic carbocycles. The van der Waals surface area contributed by atoms with Crippen molar-refractivity contribution in [1.82, 2.24) is 9.80 Å². The standard InChI is InChI=1S/C13H20N2O4/c1-14-5-2-6-15(8-11(14)16)12(17)9-3-4-10(7-9)13(18)19/h9-10H,2-8H2,1H3,(H,18,19)/t9-,10+/m1/s1. The van der Waals surface area contributed by atoms with E-state index in [0.717, 1.165) is 6.42 Å². The number of carboxylic acid groups (broad SMARTS) is 1. The number of carbonyl (C=O) groups is 3. The van der Waals surface area contributed by atoms with Gasteiger partial charge in [0.1, 0.15) is 0 Å². The topological polar surface area (TPSA) is 77.9 Å². The molecule has 0 aromatic carbocycles. The lowest BCUT2D eigenvalue weighted by Crippen LogP contribution is -2.40. The molecule has 0 radical (unpaired) electrons. The van der Waals surface area contributed by atoms with Crippen LogP contribution in [0.25, 0.3) is 0 Å². The molecule has 0 spiro atoms. The van der Waals surface area contributed by atoms with Gasteiger partial charge in [-0.05, 0) is 25.7 Å². The zero-order valence-electron chi connectivity index (χ0n) is 11.2. The van der Waals surface area contributed by atoms with Crippen molar-refractivity contribution in [3.63, 3.8) is 0 Å². The molecule has 1 heterocycles. The van der Waals surface area contributed by atoms with Gasteiger partial charge in [-0.25, -0.2) is 0 Å². The lowest BCUT2D eigenvalue weighted by atomic mass is 10.0. The van der Waals surface area contributed by atoms with Crippen LogP contribution in [0.4, 0.5) is 0 Å². The molecule has 6 heteroatoms. The van der Waals surface area contributed by atoms with Gasteiger partial charge >= 0.3 is 5.97 Å². The van der Waals surface area contributed by atoms with Crippen molar-refractivity contribution in [3.05, 3.63) is 0 Å². The second kappa shape index (κ2) is 5.59. The van der Waals surface area contributed by atoms with Crippen LogP contribution in [-0.2, 0) is 14.4 Å². The van der Waals surface area contributed by atoms with Gasteiger partial charge in [0, 0.05) is 26.1 Å². The number of amides is 2. The van der Waals surface area contributed by atoms with Gasteiger partial charge in [0.2, 0.25) is 11.8 Å². The van der Waals surface area contributed by atoms with Crippen LogP contribution >= 0.6 is 0 Å². The van der Waals surface area contributed by atoms with Crippen molar-refractivity contribution in [2.75, 3.05) is 26.7 Å². The van der Waals surface area contributed by atoms with Crippen LogP contribution in [0.5, 0.6) is 0 Å². The molecule has 0 bridgehead atoms. The molecular formula is C13H20N2O4. The number of carbonyl (C=O) groups excluding carboxylic acids is 2. The fraction of sp³-hybridized carbons (Fsp3) is 0.769. The number of carboxylic acids is 1. The maximum atomic E-state index is 12.3. The third-order valence-electron chi connectivity index (χ3n) is 4.12. The first-order valence-electron chi connectivity index (χ1n) is 6.74. The highest BCUT2D eigenvalue weighted by Crippen LogP contribution is 2.32. The molecule has 0 unspecified atom stereocenters. The Labute approximate surface area is 112 Å².